The molecule has 1 heterocycles. The Hall–Kier alpha value is -1.73. The van der Waals surface area contributed by atoms with Gasteiger partial charge in [-0.15, -0.1) is 10.2 Å². The second-order valence-electron chi connectivity index (χ2n) is 5.91. The zero-order valence-corrected chi connectivity index (χ0v) is 18.2. The number of anilines is 1. The van der Waals surface area contributed by atoms with Crippen molar-refractivity contribution >= 4 is 58.2 Å². The Labute approximate surface area is 182 Å². The molecule has 0 saturated carbocycles. The van der Waals surface area contributed by atoms with Gasteiger partial charge in [-0.3, -0.25) is 4.79 Å². The fourth-order valence-electron chi connectivity index (χ4n) is 2.53. The molecule has 1 aromatic heterocycles. The van der Waals surface area contributed by atoms with Gasteiger partial charge < -0.3 is 9.88 Å². The van der Waals surface area contributed by atoms with Crippen LogP contribution in [0.25, 0.3) is 11.4 Å². The molecule has 5 nitrogen and oxygen atoms in total. The summed E-state index contributed by atoms with van der Waals surface area (Å²) in [5, 5.41) is 12.6. The largest absolute Gasteiger partial charge is 0.324 e. The highest BCUT2D eigenvalue weighted by molar-refractivity contribution is 8.00. The highest BCUT2D eigenvalue weighted by Gasteiger charge is 2.21. The van der Waals surface area contributed by atoms with Crippen molar-refractivity contribution in [2.24, 2.45) is 0 Å². The lowest BCUT2D eigenvalue weighted by molar-refractivity contribution is -0.115. The van der Waals surface area contributed by atoms with E-state index in [9.17, 15) is 4.79 Å². The molecule has 3 aromatic rings. The molecular weight excluding hydrogens is 439 g/mol. The van der Waals surface area contributed by atoms with Crippen molar-refractivity contribution in [1.82, 2.24) is 14.8 Å². The summed E-state index contributed by atoms with van der Waals surface area (Å²) in [6.07, 6.45) is 0. The van der Waals surface area contributed by atoms with Crippen molar-refractivity contribution in [3.63, 3.8) is 0 Å². The van der Waals surface area contributed by atoms with Gasteiger partial charge in [-0.05, 0) is 26.0 Å². The van der Waals surface area contributed by atoms with Crippen molar-refractivity contribution < 1.29 is 4.79 Å². The summed E-state index contributed by atoms with van der Waals surface area (Å²) in [6.45, 7) is 4.49. The van der Waals surface area contributed by atoms with E-state index >= 15 is 0 Å². The first kappa shape index (κ1) is 21.0. The minimum absolute atomic E-state index is 0.225. The number of halogens is 3. The molecule has 2 aromatic carbocycles. The minimum Gasteiger partial charge on any atom is -0.324 e. The topological polar surface area (TPSA) is 59.8 Å². The Kier molecular flexibility index (Phi) is 6.88. The molecule has 0 saturated heterocycles. The first-order valence-electron chi connectivity index (χ1n) is 8.51. The fourth-order valence-corrected chi connectivity index (χ4v) is 4.03. The van der Waals surface area contributed by atoms with E-state index in [0.29, 0.717) is 32.5 Å². The van der Waals surface area contributed by atoms with Gasteiger partial charge in [0, 0.05) is 12.1 Å². The van der Waals surface area contributed by atoms with Crippen LogP contribution >= 0.6 is 46.6 Å². The molecule has 1 N–H and O–H groups in total. The van der Waals surface area contributed by atoms with Crippen LogP contribution in [0.1, 0.15) is 13.8 Å². The molecule has 9 heteroatoms. The summed E-state index contributed by atoms with van der Waals surface area (Å²) in [5.74, 6) is 0.544. The third kappa shape index (κ3) is 4.63. The van der Waals surface area contributed by atoms with Crippen LogP contribution in [0.15, 0.2) is 47.6 Å². The highest BCUT2D eigenvalue weighted by Crippen LogP contribution is 2.33. The Morgan fingerprint density at radius 1 is 1.11 bits per heavy atom. The molecule has 146 valence electrons. The van der Waals surface area contributed by atoms with Gasteiger partial charge in [-0.1, -0.05) is 76.9 Å². The SMILES string of the molecule is CCn1c(SC(C)C(=O)Nc2cc(Cl)c(Cl)cc2Cl)nnc1-c1ccccc1. The summed E-state index contributed by atoms with van der Waals surface area (Å²) in [7, 11) is 0. The van der Waals surface area contributed by atoms with E-state index < -0.39 is 5.25 Å². The second-order valence-corrected chi connectivity index (χ2v) is 8.44. The van der Waals surface area contributed by atoms with Crippen molar-refractivity contribution in [2.75, 3.05) is 5.32 Å². The lowest BCUT2D eigenvalue weighted by Crippen LogP contribution is -2.23. The third-order valence-electron chi connectivity index (χ3n) is 3.98. The van der Waals surface area contributed by atoms with Gasteiger partial charge in [0.15, 0.2) is 11.0 Å². The summed E-state index contributed by atoms with van der Waals surface area (Å²) in [6, 6.07) is 12.8. The van der Waals surface area contributed by atoms with Gasteiger partial charge >= 0.3 is 0 Å². The fraction of sp³-hybridized carbons (Fsp3) is 0.211. The molecule has 0 aliphatic carbocycles. The summed E-state index contributed by atoms with van der Waals surface area (Å²) < 4.78 is 1.98. The first-order valence-corrected chi connectivity index (χ1v) is 10.5. The van der Waals surface area contributed by atoms with E-state index in [1.807, 2.05) is 41.8 Å². The number of carbonyl (C=O) groups is 1. The number of thioether (sulfide) groups is 1. The zero-order valence-electron chi connectivity index (χ0n) is 15.1. The standard InChI is InChI=1S/C19H17Cl3N4OS/c1-3-26-17(12-7-5-4-6-8-12)24-25-19(26)28-11(2)18(27)23-16-10-14(21)13(20)9-15(16)22/h4-11H,3H2,1-2H3,(H,23,27). The Morgan fingerprint density at radius 2 is 1.79 bits per heavy atom. The molecule has 1 unspecified atom stereocenters. The van der Waals surface area contributed by atoms with Crippen LogP contribution in [0.2, 0.25) is 15.1 Å². The van der Waals surface area contributed by atoms with Gasteiger partial charge in [0.25, 0.3) is 0 Å². The normalized spacial score (nSPS) is 12.0. The molecule has 0 bridgehead atoms. The lowest BCUT2D eigenvalue weighted by Gasteiger charge is -2.14. The van der Waals surface area contributed by atoms with Crippen molar-refractivity contribution in [3.05, 3.63) is 57.5 Å². The van der Waals surface area contributed by atoms with Crippen LogP contribution in [0.4, 0.5) is 5.69 Å². The number of hydrogen-bond acceptors (Lipinski definition) is 4. The Bertz CT molecular complexity index is 994. The van der Waals surface area contributed by atoms with E-state index in [0.717, 1.165) is 11.4 Å². The Morgan fingerprint density at radius 3 is 2.46 bits per heavy atom. The number of benzene rings is 2. The molecular formula is C19H17Cl3N4OS. The zero-order chi connectivity index (χ0) is 20.3. The maximum absolute atomic E-state index is 12.6. The predicted octanol–water partition coefficient (Wildman–Crippen LogP) is 6.04. The average Bonchev–Trinajstić information content (AvgIpc) is 3.09. The maximum Gasteiger partial charge on any atom is 0.237 e. The monoisotopic (exact) mass is 454 g/mol. The van der Waals surface area contributed by atoms with Gasteiger partial charge in [0.05, 0.1) is 26.0 Å². The molecule has 0 fully saturated rings. The van der Waals surface area contributed by atoms with Crippen molar-refractivity contribution in [1.29, 1.82) is 0 Å². The number of nitrogens with one attached hydrogen (secondary N) is 1. The maximum atomic E-state index is 12.6. The van der Waals surface area contributed by atoms with Crippen molar-refractivity contribution in [3.8, 4) is 11.4 Å². The van der Waals surface area contributed by atoms with Crippen molar-refractivity contribution in [2.45, 2.75) is 30.8 Å². The lowest BCUT2D eigenvalue weighted by atomic mass is 10.2. The summed E-state index contributed by atoms with van der Waals surface area (Å²) >= 11 is 19.4. The first-order chi connectivity index (χ1) is 13.4. The number of hydrogen-bond donors (Lipinski definition) is 1. The van der Waals surface area contributed by atoms with E-state index in [2.05, 4.69) is 15.5 Å². The second kappa shape index (κ2) is 9.18. The minimum atomic E-state index is -0.427. The average molecular weight is 456 g/mol. The van der Waals surface area contributed by atoms with E-state index in [-0.39, 0.29) is 5.91 Å². The van der Waals surface area contributed by atoms with Gasteiger partial charge in [-0.2, -0.15) is 0 Å². The summed E-state index contributed by atoms with van der Waals surface area (Å²) in [5.41, 5.74) is 1.39. The molecule has 0 spiro atoms. The molecule has 0 aliphatic rings. The van der Waals surface area contributed by atoms with E-state index in [1.165, 1.54) is 23.9 Å². The van der Waals surface area contributed by atoms with Gasteiger partial charge in [0.2, 0.25) is 5.91 Å². The van der Waals surface area contributed by atoms with E-state index in [4.69, 9.17) is 34.8 Å². The van der Waals surface area contributed by atoms with Gasteiger partial charge in [0.1, 0.15) is 0 Å². The molecule has 0 radical (unpaired) electrons. The number of rotatable bonds is 6. The Balaban J connectivity index is 1.76. The molecule has 28 heavy (non-hydrogen) atoms. The van der Waals surface area contributed by atoms with E-state index in [1.54, 1.807) is 6.92 Å². The number of nitrogens with zero attached hydrogens (tertiary/aromatic N) is 3. The van der Waals surface area contributed by atoms with Crippen LogP contribution in [-0.4, -0.2) is 25.9 Å². The molecule has 1 amide bonds. The van der Waals surface area contributed by atoms with Crippen LogP contribution in [0.5, 0.6) is 0 Å². The van der Waals surface area contributed by atoms with Gasteiger partial charge in [-0.25, -0.2) is 0 Å². The third-order valence-corrected chi connectivity index (χ3v) is 6.10. The molecule has 3 rings (SSSR count). The quantitative estimate of drug-likeness (QED) is 0.363. The summed E-state index contributed by atoms with van der Waals surface area (Å²) in [4.78, 5) is 12.6. The predicted molar refractivity (Wildman–Crippen MR) is 117 cm³/mol. The number of aromatic nitrogens is 3. The molecule has 1 atom stereocenters. The van der Waals surface area contributed by atoms with Crippen LogP contribution in [-0.2, 0) is 11.3 Å². The van der Waals surface area contributed by atoms with Crippen LogP contribution in [0, 0.1) is 0 Å². The number of amides is 1. The van der Waals surface area contributed by atoms with Crippen LogP contribution in [0.3, 0.4) is 0 Å². The van der Waals surface area contributed by atoms with Crippen LogP contribution < -0.4 is 5.32 Å². The smallest absolute Gasteiger partial charge is 0.237 e. The molecule has 0 aliphatic heterocycles. The highest BCUT2D eigenvalue weighted by atomic mass is 35.5. The number of carbonyl (C=O) groups excluding carboxylic acids is 1.